The Kier molecular flexibility index (Phi) is 5.24. The molecule has 0 fully saturated rings. The Morgan fingerprint density at radius 1 is 1.04 bits per heavy atom. The number of nitrogens with one attached hydrogen (secondary N) is 1. The van der Waals surface area contributed by atoms with Crippen LogP contribution in [0.25, 0.3) is 22.0 Å². The van der Waals surface area contributed by atoms with Gasteiger partial charge >= 0.3 is 0 Å². The van der Waals surface area contributed by atoms with Crippen molar-refractivity contribution in [1.29, 1.82) is 0 Å². The van der Waals surface area contributed by atoms with Crippen molar-refractivity contribution in [3.05, 3.63) is 48.5 Å². The van der Waals surface area contributed by atoms with Crippen LogP contribution in [0.3, 0.4) is 0 Å². The molecule has 5 heteroatoms. The highest BCUT2D eigenvalue weighted by Crippen LogP contribution is 2.28. The van der Waals surface area contributed by atoms with Crippen LogP contribution in [0.1, 0.15) is 39.1 Å². The maximum absolute atomic E-state index is 6.31. The Bertz CT molecular complexity index is 845. The van der Waals surface area contributed by atoms with Crippen LogP contribution >= 0.6 is 0 Å². The van der Waals surface area contributed by atoms with Gasteiger partial charge in [-0.25, -0.2) is 9.97 Å². The largest absolute Gasteiger partial charge is 0.370 e. The molecular formula is C20H25N5. The van der Waals surface area contributed by atoms with Crippen LogP contribution in [0.15, 0.2) is 42.7 Å². The zero-order valence-corrected chi connectivity index (χ0v) is 15.0. The smallest absolute Gasteiger partial charge is 0.148 e. The summed E-state index contributed by atoms with van der Waals surface area (Å²) in [4.78, 5) is 13.5. The molecule has 0 aliphatic heterocycles. The number of nitrogens with two attached hydrogens (primary N) is 1. The van der Waals surface area contributed by atoms with E-state index in [9.17, 15) is 0 Å². The lowest BCUT2D eigenvalue weighted by molar-refractivity contribution is 0.494. The van der Waals surface area contributed by atoms with E-state index in [-0.39, 0.29) is 6.04 Å². The molecule has 130 valence electrons. The average molecular weight is 335 g/mol. The molecule has 0 amide bonds. The van der Waals surface area contributed by atoms with Gasteiger partial charge in [0, 0.05) is 24.3 Å². The van der Waals surface area contributed by atoms with Crippen LogP contribution in [0.4, 0.5) is 5.82 Å². The van der Waals surface area contributed by atoms with Gasteiger partial charge in [0.1, 0.15) is 11.6 Å². The van der Waals surface area contributed by atoms with E-state index in [1.807, 2.05) is 18.2 Å². The van der Waals surface area contributed by atoms with Gasteiger partial charge in [-0.15, -0.1) is 0 Å². The molecule has 3 rings (SSSR count). The SMILES string of the molecule is CCNc1nc(C(N)CC(C)C)nc2ccc(-c3ccncc3)cc12. The van der Waals surface area contributed by atoms with Crippen molar-refractivity contribution in [2.24, 2.45) is 11.7 Å². The second-order valence-electron chi connectivity index (χ2n) is 6.66. The van der Waals surface area contributed by atoms with E-state index in [0.29, 0.717) is 11.7 Å². The molecule has 3 aromatic rings. The number of fused-ring (bicyclic) bond motifs is 1. The van der Waals surface area contributed by atoms with E-state index < -0.39 is 0 Å². The first-order valence-corrected chi connectivity index (χ1v) is 8.80. The Morgan fingerprint density at radius 3 is 2.48 bits per heavy atom. The van der Waals surface area contributed by atoms with Crippen molar-refractivity contribution < 1.29 is 0 Å². The molecule has 2 heterocycles. The van der Waals surface area contributed by atoms with Gasteiger partial charge in [-0.3, -0.25) is 4.98 Å². The van der Waals surface area contributed by atoms with Gasteiger partial charge in [0.15, 0.2) is 0 Å². The molecule has 0 radical (unpaired) electrons. The third-order valence-electron chi connectivity index (χ3n) is 4.13. The third-order valence-corrected chi connectivity index (χ3v) is 4.13. The third kappa shape index (κ3) is 3.94. The first-order valence-electron chi connectivity index (χ1n) is 8.80. The number of pyridine rings is 1. The van der Waals surface area contributed by atoms with Crippen molar-refractivity contribution in [2.45, 2.75) is 33.2 Å². The van der Waals surface area contributed by atoms with Gasteiger partial charge in [-0.05, 0) is 54.7 Å². The Morgan fingerprint density at radius 2 is 1.80 bits per heavy atom. The fourth-order valence-corrected chi connectivity index (χ4v) is 2.95. The predicted molar refractivity (Wildman–Crippen MR) is 103 cm³/mol. The van der Waals surface area contributed by atoms with Crippen LogP contribution in [-0.2, 0) is 0 Å². The van der Waals surface area contributed by atoms with Crippen LogP contribution in [-0.4, -0.2) is 21.5 Å². The average Bonchev–Trinajstić information content (AvgIpc) is 2.61. The van der Waals surface area contributed by atoms with E-state index >= 15 is 0 Å². The lowest BCUT2D eigenvalue weighted by Gasteiger charge is -2.16. The minimum absolute atomic E-state index is 0.151. The molecule has 0 saturated carbocycles. The molecule has 0 aliphatic carbocycles. The molecule has 1 aromatic carbocycles. The number of nitrogens with zero attached hydrogens (tertiary/aromatic N) is 3. The standard InChI is InChI=1S/C20H25N5/c1-4-23-19-16-12-15(14-7-9-22-10-8-14)5-6-18(16)24-20(25-19)17(21)11-13(2)3/h5-10,12-13,17H,4,11,21H2,1-3H3,(H,23,24,25). The monoisotopic (exact) mass is 335 g/mol. The molecule has 0 spiro atoms. The van der Waals surface area contributed by atoms with Crippen molar-refractivity contribution in [3.63, 3.8) is 0 Å². The highest BCUT2D eigenvalue weighted by atomic mass is 15.0. The van der Waals surface area contributed by atoms with Gasteiger partial charge in [0.2, 0.25) is 0 Å². The summed E-state index contributed by atoms with van der Waals surface area (Å²) >= 11 is 0. The second kappa shape index (κ2) is 7.57. The van der Waals surface area contributed by atoms with Crippen LogP contribution in [0.2, 0.25) is 0 Å². The molecule has 5 nitrogen and oxygen atoms in total. The fraction of sp³-hybridized carbons (Fsp3) is 0.350. The molecular weight excluding hydrogens is 310 g/mol. The molecule has 25 heavy (non-hydrogen) atoms. The fourth-order valence-electron chi connectivity index (χ4n) is 2.95. The highest BCUT2D eigenvalue weighted by Gasteiger charge is 2.15. The quantitative estimate of drug-likeness (QED) is 0.707. The number of hydrogen-bond donors (Lipinski definition) is 2. The lowest BCUT2D eigenvalue weighted by atomic mass is 10.0. The van der Waals surface area contributed by atoms with Gasteiger partial charge < -0.3 is 11.1 Å². The molecule has 1 unspecified atom stereocenters. The van der Waals surface area contributed by atoms with E-state index in [1.54, 1.807) is 12.4 Å². The van der Waals surface area contributed by atoms with Gasteiger partial charge in [0.25, 0.3) is 0 Å². The maximum Gasteiger partial charge on any atom is 0.148 e. The Balaban J connectivity index is 2.08. The van der Waals surface area contributed by atoms with E-state index in [1.165, 1.54) is 0 Å². The van der Waals surface area contributed by atoms with E-state index in [0.717, 1.165) is 40.8 Å². The lowest BCUT2D eigenvalue weighted by Crippen LogP contribution is -2.17. The Hall–Kier alpha value is -2.53. The summed E-state index contributed by atoms with van der Waals surface area (Å²) in [5, 5.41) is 4.37. The molecule has 0 saturated heterocycles. The predicted octanol–water partition coefficient (Wildman–Crippen LogP) is 4.17. The van der Waals surface area contributed by atoms with Gasteiger partial charge in [-0.1, -0.05) is 19.9 Å². The maximum atomic E-state index is 6.31. The number of rotatable bonds is 6. The summed E-state index contributed by atoms with van der Waals surface area (Å²) in [6, 6.07) is 10.1. The first-order chi connectivity index (χ1) is 12.1. The number of hydrogen-bond acceptors (Lipinski definition) is 5. The summed E-state index contributed by atoms with van der Waals surface area (Å²) < 4.78 is 0. The summed E-state index contributed by atoms with van der Waals surface area (Å²) in [5.41, 5.74) is 9.48. The minimum Gasteiger partial charge on any atom is -0.370 e. The number of anilines is 1. The topological polar surface area (TPSA) is 76.7 Å². The van der Waals surface area contributed by atoms with Crippen LogP contribution in [0, 0.1) is 5.92 Å². The number of aromatic nitrogens is 3. The van der Waals surface area contributed by atoms with E-state index in [4.69, 9.17) is 15.7 Å². The highest BCUT2D eigenvalue weighted by molar-refractivity contribution is 5.92. The van der Waals surface area contributed by atoms with E-state index in [2.05, 4.69) is 43.2 Å². The molecule has 3 N–H and O–H groups in total. The summed E-state index contributed by atoms with van der Waals surface area (Å²) in [7, 11) is 0. The van der Waals surface area contributed by atoms with Crippen molar-refractivity contribution in [2.75, 3.05) is 11.9 Å². The Labute approximate surface area is 148 Å². The van der Waals surface area contributed by atoms with Gasteiger partial charge in [0.05, 0.1) is 11.6 Å². The molecule has 0 bridgehead atoms. The van der Waals surface area contributed by atoms with Crippen molar-refractivity contribution >= 4 is 16.7 Å². The first kappa shape index (κ1) is 17.3. The van der Waals surface area contributed by atoms with Crippen molar-refractivity contribution in [3.8, 4) is 11.1 Å². The van der Waals surface area contributed by atoms with Crippen molar-refractivity contribution in [1.82, 2.24) is 15.0 Å². The van der Waals surface area contributed by atoms with Crippen LogP contribution < -0.4 is 11.1 Å². The molecule has 1 atom stereocenters. The normalized spacial score (nSPS) is 12.5. The second-order valence-corrected chi connectivity index (χ2v) is 6.66. The zero-order chi connectivity index (χ0) is 17.8. The minimum atomic E-state index is -0.151. The molecule has 2 aromatic heterocycles. The summed E-state index contributed by atoms with van der Waals surface area (Å²) in [6.07, 6.45) is 4.47. The zero-order valence-electron chi connectivity index (χ0n) is 15.0. The summed E-state index contributed by atoms with van der Waals surface area (Å²) in [5.74, 6) is 2.05. The summed E-state index contributed by atoms with van der Waals surface area (Å²) in [6.45, 7) is 7.18. The number of benzene rings is 1. The molecule has 0 aliphatic rings. The van der Waals surface area contributed by atoms with Gasteiger partial charge in [-0.2, -0.15) is 0 Å². The van der Waals surface area contributed by atoms with Crippen LogP contribution in [0.5, 0.6) is 0 Å².